The first-order chi connectivity index (χ1) is 25.0. The molecule has 0 bridgehead atoms. The second kappa shape index (κ2) is 14.5. The Balaban J connectivity index is 1.32. The number of pyridine rings is 1. The van der Waals surface area contributed by atoms with Crippen molar-refractivity contribution in [2.24, 2.45) is 11.3 Å². The van der Waals surface area contributed by atoms with Crippen LogP contribution in [-0.2, 0) is 39.5 Å². The van der Waals surface area contributed by atoms with Crippen molar-refractivity contribution in [1.82, 2.24) is 25.2 Å². The van der Waals surface area contributed by atoms with E-state index in [-0.39, 0.29) is 25.5 Å². The highest BCUT2D eigenvalue weighted by molar-refractivity contribution is 7.91. The Morgan fingerprint density at radius 2 is 1.72 bits per heavy atom. The van der Waals surface area contributed by atoms with E-state index in [1.54, 1.807) is 6.20 Å². The lowest BCUT2D eigenvalue weighted by Gasteiger charge is -2.36. The van der Waals surface area contributed by atoms with Gasteiger partial charge in [-0.25, -0.2) is 13.2 Å². The molecule has 53 heavy (non-hydrogen) atoms. The number of methoxy groups -OCH3 is 1. The number of ether oxygens (including phenoxy) is 2. The van der Waals surface area contributed by atoms with Gasteiger partial charge in [-0.3, -0.25) is 24.1 Å². The monoisotopic (exact) mass is 749 g/mol. The first kappa shape index (κ1) is 38.4. The van der Waals surface area contributed by atoms with Crippen molar-refractivity contribution in [3.05, 3.63) is 66.5 Å². The maximum Gasteiger partial charge on any atom is 0.408 e. The highest BCUT2D eigenvalue weighted by atomic mass is 32.2. The number of hydrogen-bond acceptors (Lipinski definition) is 9. The molecule has 3 saturated carbocycles. The molecule has 0 radical (unpaired) electrons. The van der Waals surface area contributed by atoms with Gasteiger partial charge in [-0.15, -0.1) is 6.58 Å². The number of hydrogen-bond donors (Lipinski definition) is 3. The number of aryl methyl sites for hydroxylation is 1. The Hall–Kier alpha value is -4.30. The fraction of sp³-hybridized carbons (Fsp3) is 0.564. The van der Waals surface area contributed by atoms with E-state index in [0.29, 0.717) is 12.8 Å². The second-order valence-corrected chi connectivity index (χ2v) is 18.0. The number of aromatic nitrogens is 1. The van der Waals surface area contributed by atoms with Crippen LogP contribution in [0, 0.1) is 18.3 Å². The molecule has 14 heteroatoms. The number of amides is 4. The summed E-state index contributed by atoms with van der Waals surface area (Å²) in [5.41, 5.74) is -0.0216. The third kappa shape index (κ3) is 7.84. The number of carbonyl (C=O) groups excluding carboxylic acids is 4. The van der Waals surface area contributed by atoms with E-state index in [1.165, 1.54) is 18.1 Å². The number of likely N-dealkylation sites (tertiary alicyclic amines) is 1. The van der Waals surface area contributed by atoms with Gasteiger partial charge in [-0.05, 0) is 74.5 Å². The Morgan fingerprint density at radius 1 is 1.04 bits per heavy atom. The lowest BCUT2D eigenvalue weighted by atomic mass is 9.85. The van der Waals surface area contributed by atoms with Crippen LogP contribution in [-0.4, -0.2) is 84.7 Å². The van der Waals surface area contributed by atoms with Crippen LogP contribution in [0.15, 0.2) is 55.3 Å². The van der Waals surface area contributed by atoms with Crippen molar-refractivity contribution in [3.63, 3.8) is 0 Å². The number of rotatable bonds is 12. The van der Waals surface area contributed by atoms with Gasteiger partial charge in [0.15, 0.2) is 0 Å². The molecule has 1 aromatic carbocycles. The quantitative estimate of drug-likeness (QED) is 0.268. The van der Waals surface area contributed by atoms with Gasteiger partial charge in [0, 0.05) is 36.9 Å². The standard InChI is InChI=1S/C39H51N5O8S/c1-7-26-21-39(26,35(47)43-53(49,50)29-18-19-29)42-33(45)31-22-38(51-6,27-16-14-25(15-17-27)30-13-10-20-40-24(30)2)23-44(31)34(46)32(37(3,4)5)41-36(48)52-28-11-8-9-12-28/h7,10,13-17,20,26,28-29,31-32H,1,8-9,11-12,18-19,21-23H2,2-6H3,(H,41,48)(H,42,45)(H,43,47)/t26-,31+,32-,38+,39-/m1/s1. The molecule has 5 atom stereocenters. The minimum absolute atomic E-state index is 0.0204. The Bertz CT molecular complexity index is 1870. The highest BCUT2D eigenvalue weighted by Gasteiger charge is 2.62. The molecule has 4 fully saturated rings. The SMILES string of the molecule is C=C[C@@H]1C[C@]1(NC(=O)[C@@H]1C[C@@](OC)(c2ccc(-c3cccnc3C)cc2)CN1C(=O)[C@@H](NC(=O)OC1CCCC1)C(C)(C)C)C(=O)NS(=O)(=O)C1CC1. The first-order valence-corrected chi connectivity index (χ1v) is 19.9. The molecule has 1 saturated heterocycles. The fourth-order valence-corrected chi connectivity index (χ4v) is 9.06. The van der Waals surface area contributed by atoms with Gasteiger partial charge in [0.2, 0.25) is 21.8 Å². The number of nitrogens with one attached hydrogen (secondary N) is 3. The molecule has 4 amide bonds. The van der Waals surface area contributed by atoms with Crippen LogP contribution in [0.3, 0.4) is 0 Å². The molecule has 0 spiro atoms. The van der Waals surface area contributed by atoms with Gasteiger partial charge in [0.1, 0.15) is 29.3 Å². The number of sulfonamides is 1. The number of alkyl carbamates (subject to hydrolysis) is 1. The topological polar surface area (TPSA) is 173 Å². The predicted octanol–water partition coefficient (Wildman–Crippen LogP) is 4.25. The third-order valence-corrected chi connectivity index (χ3v) is 13.0. The van der Waals surface area contributed by atoms with E-state index in [1.807, 2.05) is 64.1 Å². The van der Waals surface area contributed by atoms with Crippen molar-refractivity contribution in [3.8, 4) is 11.1 Å². The molecular formula is C39H51N5O8S. The molecule has 13 nitrogen and oxygen atoms in total. The number of carbonyl (C=O) groups is 4. The lowest BCUT2D eigenvalue weighted by Crippen LogP contribution is -2.60. The second-order valence-electron chi connectivity index (χ2n) is 16.0. The molecule has 4 aliphatic rings. The van der Waals surface area contributed by atoms with Gasteiger partial charge >= 0.3 is 6.09 Å². The van der Waals surface area contributed by atoms with Gasteiger partial charge in [-0.1, -0.05) is 57.2 Å². The maximum absolute atomic E-state index is 14.7. The average molecular weight is 750 g/mol. The molecule has 1 aromatic heterocycles. The van der Waals surface area contributed by atoms with Crippen LogP contribution >= 0.6 is 0 Å². The van der Waals surface area contributed by atoms with Crippen LogP contribution in [0.25, 0.3) is 11.1 Å². The number of nitrogens with zero attached hydrogens (tertiary/aromatic N) is 2. The zero-order valence-electron chi connectivity index (χ0n) is 31.1. The van der Waals surface area contributed by atoms with E-state index in [9.17, 15) is 27.6 Å². The van der Waals surface area contributed by atoms with E-state index in [2.05, 4.69) is 26.9 Å². The minimum atomic E-state index is -3.90. The largest absolute Gasteiger partial charge is 0.446 e. The molecule has 2 aromatic rings. The summed E-state index contributed by atoms with van der Waals surface area (Å²) >= 11 is 0. The summed E-state index contributed by atoms with van der Waals surface area (Å²) < 4.78 is 39.6. The average Bonchev–Trinajstić information content (AvgIpc) is 4.00. The van der Waals surface area contributed by atoms with E-state index in [0.717, 1.165) is 48.1 Å². The summed E-state index contributed by atoms with van der Waals surface area (Å²) in [4.78, 5) is 61.8. The van der Waals surface area contributed by atoms with Gasteiger partial charge < -0.3 is 25.0 Å². The molecule has 2 heterocycles. The molecule has 0 unspecified atom stereocenters. The van der Waals surface area contributed by atoms with E-state index >= 15 is 0 Å². The molecule has 3 aliphatic carbocycles. The van der Waals surface area contributed by atoms with Gasteiger partial charge in [0.25, 0.3) is 5.91 Å². The molecule has 6 rings (SSSR count). The summed E-state index contributed by atoms with van der Waals surface area (Å²) in [6.07, 6.45) is 6.86. The normalized spacial score (nSPS) is 26.4. The molecule has 286 valence electrons. The van der Waals surface area contributed by atoms with Crippen LogP contribution < -0.4 is 15.4 Å². The smallest absolute Gasteiger partial charge is 0.408 e. The highest BCUT2D eigenvalue weighted by Crippen LogP contribution is 2.47. The summed E-state index contributed by atoms with van der Waals surface area (Å²) in [5, 5.41) is 5.00. The van der Waals surface area contributed by atoms with Crippen LogP contribution in [0.1, 0.15) is 83.4 Å². The van der Waals surface area contributed by atoms with Crippen LogP contribution in [0.2, 0.25) is 0 Å². The van der Waals surface area contributed by atoms with Crippen molar-refractivity contribution >= 4 is 33.8 Å². The Morgan fingerprint density at radius 3 is 2.28 bits per heavy atom. The van der Waals surface area contributed by atoms with Crippen LogP contribution in [0.5, 0.6) is 0 Å². The summed E-state index contributed by atoms with van der Waals surface area (Å²) in [7, 11) is -2.38. The maximum atomic E-state index is 14.7. The molecule has 1 aliphatic heterocycles. The van der Waals surface area contributed by atoms with E-state index in [4.69, 9.17) is 9.47 Å². The van der Waals surface area contributed by atoms with Crippen molar-refractivity contribution < 1.29 is 37.1 Å². The third-order valence-electron chi connectivity index (χ3n) is 11.2. The minimum Gasteiger partial charge on any atom is -0.446 e. The Labute approximate surface area is 311 Å². The van der Waals surface area contributed by atoms with Gasteiger partial charge in [-0.2, -0.15) is 0 Å². The zero-order valence-corrected chi connectivity index (χ0v) is 32.0. The Kier molecular flexibility index (Phi) is 10.5. The van der Waals surface area contributed by atoms with E-state index < -0.39 is 73.6 Å². The van der Waals surface area contributed by atoms with Crippen LogP contribution in [0.4, 0.5) is 4.79 Å². The van der Waals surface area contributed by atoms with Gasteiger partial charge in [0.05, 0.1) is 11.8 Å². The summed E-state index contributed by atoms with van der Waals surface area (Å²) in [6.45, 7) is 11.1. The van der Waals surface area contributed by atoms with Crippen molar-refractivity contribution in [1.29, 1.82) is 0 Å². The molecular weight excluding hydrogens is 699 g/mol. The van der Waals surface area contributed by atoms with Crippen molar-refractivity contribution in [2.45, 2.75) is 114 Å². The summed E-state index contributed by atoms with van der Waals surface area (Å²) in [5.74, 6) is -2.52. The zero-order chi connectivity index (χ0) is 38.3. The molecule has 3 N–H and O–H groups in total. The number of benzene rings is 1. The fourth-order valence-electron chi connectivity index (χ4n) is 7.70. The summed E-state index contributed by atoms with van der Waals surface area (Å²) in [6, 6.07) is 9.29. The van der Waals surface area contributed by atoms with Crippen molar-refractivity contribution in [2.75, 3.05) is 13.7 Å². The predicted molar refractivity (Wildman–Crippen MR) is 198 cm³/mol. The first-order valence-electron chi connectivity index (χ1n) is 18.4. The lowest BCUT2D eigenvalue weighted by molar-refractivity contribution is -0.143.